The summed E-state index contributed by atoms with van der Waals surface area (Å²) in [5.74, 6) is 1.02. The van der Waals surface area contributed by atoms with Crippen molar-refractivity contribution in [2.24, 2.45) is 13.0 Å². The van der Waals surface area contributed by atoms with Crippen LogP contribution in [0.5, 0.6) is 0 Å². The summed E-state index contributed by atoms with van der Waals surface area (Å²) in [5, 5.41) is 10.1. The summed E-state index contributed by atoms with van der Waals surface area (Å²) in [6, 6.07) is 1.67. The van der Waals surface area contributed by atoms with Gasteiger partial charge in [-0.15, -0.1) is 0 Å². The monoisotopic (exact) mass is 317 g/mol. The third-order valence-electron chi connectivity index (χ3n) is 4.41. The maximum absolute atomic E-state index is 12.6. The van der Waals surface area contributed by atoms with E-state index in [1.165, 1.54) is 0 Å². The number of ether oxygens (including phenoxy) is 1. The summed E-state index contributed by atoms with van der Waals surface area (Å²) in [5.41, 5.74) is 1.38. The maximum atomic E-state index is 12.6. The van der Waals surface area contributed by atoms with Crippen LogP contribution in [0, 0.1) is 5.92 Å². The molecule has 0 bridgehead atoms. The average Bonchev–Trinajstić information content (AvgIpc) is 3.22. The number of hydrogen-bond donors (Lipinski definition) is 2. The molecule has 23 heavy (non-hydrogen) atoms. The van der Waals surface area contributed by atoms with Gasteiger partial charge in [0.25, 0.3) is 5.91 Å². The van der Waals surface area contributed by atoms with Crippen molar-refractivity contribution in [3.8, 4) is 0 Å². The van der Waals surface area contributed by atoms with E-state index in [0.717, 1.165) is 44.0 Å². The van der Waals surface area contributed by atoms with Crippen LogP contribution in [-0.4, -0.2) is 38.9 Å². The Morgan fingerprint density at radius 2 is 2.30 bits per heavy atom. The van der Waals surface area contributed by atoms with Gasteiger partial charge in [-0.25, -0.2) is 4.98 Å². The molecule has 7 nitrogen and oxygen atoms in total. The van der Waals surface area contributed by atoms with E-state index in [0.29, 0.717) is 11.6 Å². The predicted molar refractivity (Wildman–Crippen MR) is 84.9 cm³/mol. The molecule has 2 aromatic rings. The van der Waals surface area contributed by atoms with E-state index in [9.17, 15) is 4.79 Å². The normalized spacial score (nSPS) is 17.1. The minimum Gasteiger partial charge on any atom is -0.381 e. The van der Waals surface area contributed by atoms with Crippen molar-refractivity contribution < 1.29 is 9.53 Å². The van der Waals surface area contributed by atoms with Crippen molar-refractivity contribution in [3.63, 3.8) is 0 Å². The SMILES string of the molecule is CCc1cc(C(=O)N[C@@H](c2nccn2C)C2CCOCC2)n[nH]1. The molecule has 1 fully saturated rings. The van der Waals surface area contributed by atoms with E-state index >= 15 is 0 Å². The molecule has 1 aliphatic heterocycles. The van der Waals surface area contributed by atoms with Crippen molar-refractivity contribution in [3.05, 3.63) is 35.7 Å². The number of aromatic nitrogens is 4. The van der Waals surface area contributed by atoms with Gasteiger partial charge in [0.2, 0.25) is 0 Å². The highest BCUT2D eigenvalue weighted by Crippen LogP contribution is 2.29. The highest BCUT2D eigenvalue weighted by Gasteiger charge is 2.30. The van der Waals surface area contributed by atoms with Gasteiger partial charge >= 0.3 is 0 Å². The number of amides is 1. The molecule has 0 radical (unpaired) electrons. The summed E-state index contributed by atoms with van der Waals surface area (Å²) < 4.78 is 7.41. The molecule has 7 heteroatoms. The van der Waals surface area contributed by atoms with Crippen molar-refractivity contribution in [1.82, 2.24) is 25.1 Å². The van der Waals surface area contributed by atoms with Gasteiger partial charge in [-0.2, -0.15) is 5.10 Å². The Kier molecular flexibility index (Phi) is 4.76. The van der Waals surface area contributed by atoms with Gasteiger partial charge in [0, 0.05) is 38.3 Å². The molecule has 0 aliphatic carbocycles. The molecule has 1 atom stereocenters. The van der Waals surface area contributed by atoms with Gasteiger partial charge < -0.3 is 14.6 Å². The number of imidazole rings is 1. The second kappa shape index (κ2) is 6.95. The van der Waals surface area contributed by atoms with E-state index in [-0.39, 0.29) is 11.9 Å². The molecular weight excluding hydrogens is 294 g/mol. The number of nitrogens with zero attached hydrogens (tertiary/aromatic N) is 3. The molecule has 2 N–H and O–H groups in total. The topological polar surface area (TPSA) is 84.8 Å². The molecule has 2 aromatic heterocycles. The fourth-order valence-corrected chi connectivity index (χ4v) is 2.99. The zero-order valence-corrected chi connectivity index (χ0v) is 13.6. The van der Waals surface area contributed by atoms with E-state index in [4.69, 9.17) is 4.74 Å². The smallest absolute Gasteiger partial charge is 0.272 e. The first-order chi connectivity index (χ1) is 11.2. The molecule has 0 aromatic carbocycles. The van der Waals surface area contributed by atoms with Crippen LogP contribution in [-0.2, 0) is 18.2 Å². The van der Waals surface area contributed by atoms with Crippen LogP contribution in [0.1, 0.15) is 47.8 Å². The molecule has 0 unspecified atom stereocenters. The first-order valence-corrected chi connectivity index (χ1v) is 8.09. The largest absolute Gasteiger partial charge is 0.381 e. The number of aromatic amines is 1. The van der Waals surface area contributed by atoms with Crippen LogP contribution >= 0.6 is 0 Å². The molecule has 0 spiro atoms. The van der Waals surface area contributed by atoms with Crippen LogP contribution in [0.25, 0.3) is 0 Å². The van der Waals surface area contributed by atoms with Gasteiger partial charge in [0.15, 0.2) is 0 Å². The lowest BCUT2D eigenvalue weighted by molar-refractivity contribution is 0.0498. The van der Waals surface area contributed by atoms with Crippen molar-refractivity contribution >= 4 is 5.91 Å². The molecule has 3 heterocycles. The number of carbonyl (C=O) groups excluding carboxylic acids is 1. The molecule has 1 amide bonds. The summed E-state index contributed by atoms with van der Waals surface area (Å²) in [6.07, 6.45) is 6.31. The van der Waals surface area contributed by atoms with Crippen LogP contribution in [0.2, 0.25) is 0 Å². The maximum Gasteiger partial charge on any atom is 0.272 e. The standard InChI is InChI=1S/C16H23N5O2/c1-3-12-10-13(20-19-12)16(22)18-14(11-4-8-23-9-5-11)15-17-6-7-21(15)2/h6-7,10-11,14H,3-5,8-9H2,1-2H3,(H,18,22)(H,19,20)/t14-/m1/s1. The Balaban J connectivity index is 1.80. The lowest BCUT2D eigenvalue weighted by Crippen LogP contribution is -2.37. The average molecular weight is 317 g/mol. The van der Waals surface area contributed by atoms with E-state index in [2.05, 4.69) is 20.5 Å². The molecule has 124 valence electrons. The number of nitrogens with one attached hydrogen (secondary N) is 2. The highest BCUT2D eigenvalue weighted by atomic mass is 16.5. The van der Waals surface area contributed by atoms with Gasteiger partial charge in [0.05, 0.1) is 6.04 Å². The van der Waals surface area contributed by atoms with E-state index in [1.54, 1.807) is 12.3 Å². The molecule has 0 saturated carbocycles. The minimum absolute atomic E-state index is 0.131. The molecule has 1 aliphatic rings. The Hall–Kier alpha value is -2.15. The number of aryl methyl sites for hydroxylation is 2. The first-order valence-electron chi connectivity index (χ1n) is 8.09. The van der Waals surface area contributed by atoms with Crippen LogP contribution in [0.3, 0.4) is 0 Å². The van der Waals surface area contributed by atoms with Gasteiger partial charge in [0.1, 0.15) is 11.5 Å². The van der Waals surface area contributed by atoms with Crippen molar-refractivity contribution in [2.75, 3.05) is 13.2 Å². The first kappa shape index (κ1) is 15.7. The quantitative estimate of drug-likeness (QED) is 0.877. The summed E-state index contributed by atoms with van der Waals surface area (Å²) >= 11 is 0. The molecule has 3 rings (SSSR count). The van der Waals surface area contributed by atoms with E-state index < -0.39 is 0 Å². The number of hydrogen-bond acceptors (Lipinski definition) is 4. The minimum atomic E-state index is -0.166. The number of rotatable bonds is 5. The number of carbonyl (C=O) groups is 1. The Bertz CT molecular complexity index is 657. The predicted octanol–water partition coefficient (Wildman–Crippen LogP) is 1.60. The van der Waals surface area contributed by atoms with Crippen LogP contribution in [0.15, 0.2) is 18.5 Å². The lowest BCUT2D eigenvalue weighted by atomic mass is 9.91. The van der Waals surface area contributed by atoms with Gasteiger partial charge in [-0.3, -0.25) is 9.89 Å². The van der Waals surface area contributed by atoms with Crippen LogP contribution < -0.4 is 5.32 Å². The summed E-state index contributed by atoms with van der Waals surface area (Å²) in [4.78, 5) is 17.0. The van der Waals surface area contributed by atoms with Crippen molar-refractivity contribution in [1.29, 1.82) is 0 Å². The second-order valence-corrected chi connectivity index (χ2v) is 5.93. The fraction of sp³-hybridized carbons (Fsp3) is 0.562. The molecular formula is C16H23N5O2. The Labute approximate surface area is 135 Å². The second-order valence-electron chi connectivity index (χ2n) is 5.93. The Morgan fingerprint density at radius 1 is 1.52 bits per heavy atom. The summed E-state index contributed by atoms with van der Waals surface area (Å²) in [6.45, 7) is 3.47. The zero-order valence-electron chi connectivity index (χ0n) is 13.6. The van der Waals surface area contributed by atoms with E-state index in [1.807, 2.05) is 24.7 Å². The Morgan fingerprint density at radius 3 is 2.91 bits per heavy atom. The lowest BCUT2D eigenvalue weighted by Gasteiger charge is -2.30. The van der Waals surface area contributed by atoms with Gasteiger partial charge in [-0.05, 0) is 31.2 Å². The van der Waals surface area contributed by atoms with Gasteiger partial charge in [-0.1, -0.05) is 6.92 Å². The fourth-order valence-electron chi connectivity index (χ4n) is 2.99. The van der Waals surface area contributed by atoms with Crippen molar-refractivity contribution in [2.45, 2.75) is 32.2 Å². The third-order valence-corrected chi connectivity index (χ3v) is 4.41. The third kappa shape index (κ3) is 3.44. The summed E-state index contributed by atoms with van der Waals surface area (Å²) in [7, 11) is 1.95. The molecule has 1 saturated heterocycles. The number of H-pyrrole nitrogens is 1. The zero-order chi connectivity index (χ0) is 16.2. The highest BCUT2D eigenvalue weighted by molar-refractivity contribution is 5.92. The van der Waals surface area contributed by atoms with Crippen LogP contribution in [0.4, 0.5) is 0 Å².